The van der Waals surface area contributed by atoms with Gasteiger partial charge in [-0.3, -0.25) is 14.4 Å². The summed E-state index contributed by atoms with van der Waals surface area (Å²) in [7, 11) is 0. The summed E-state index contributed by atoms with van der Waals surface area (Å²) >= 11 is 0. The first-order valence-electron chi connectivity index (χ1n) is 13.4. The minimum Gasteiger partial charge on any atom is -0.464 e. The third kappa shape index (κ3) is 9.31. The highest BCUT2D eigenvalue weighted by atomic mass is 16.5. The molecule has 2 aromatic carbocycles. The average molecular weight is 569 g/mol. The number of amides is 4. The molecule has 2 aromatic rings. The van der Waals surface area contributed by atoms with Gasteiger partial charge in [-0.2, -0.15) is 0 Å². The molecule has 0 spiro atoms. The molecule has 1 aliphatic heterocycles. The van der Waals surface area contributed by atoms with E-state index < -0.39 is 60.4 Å². The van der Waals surface area contributed by atoms with E-state index in [-0.39, 0.29) is 26.2 Å². The van der Waals surface area contributed by atoms with E-state index in [9.17, 15) is 29.1 Å². The SMILES string of the molecule is CCOC(=O)[C@@H]1CCCN1C(=O)C(O)[C@H](Cc1ccccc1)NC(=O)[C@H](CC(N)=O)NC(=O)OCc1ccccc1. The average Bonchev–Trinajstić information content (AvgIpc) is 3.46. The second-order valence-corrected chi connectivity index (χ2v) is 9.62. The van der Waals surface area contributed by atoms with Crippen LogP contribution in [0.25, 0.3) is 0 Å². The zero-order valence-corrected chi connectivity index (χ0v) is 22.9. The quantitative estimate of drug-likeness (QED) is 0.256. The predicted molar refractivity (Wildman–Crippen MR) is 147 cm³/mol. The minimum absolute atomic E-state index is 0.0408. The van der Waals surface area contributed by atoms with Crippen molar-refractivity contribution < 1.29 is 38.6 Å². The van der Waals surface area contributed by atoms with Crippen LogP contribution in [0, 0.1) is 0 Å². The molecule has 0 radical (unpaired) electrons. The van der Waals surface area contributed by atoms with Crippen LogP contribution < -0.4 is 16.4 Å². The number of aliphatic hydroxyl groups is 1. The first-order chi connectivity index (χ1) is 19.7. The van der Waals surface area contributed by atoms with Crippen LogP contribution in [0.5, 0.6) is 0 Å². The van der Waals surface area contributed by atoms with Crippen LogP contribution in [0.4, 0.5) is 4.79 Å². The van der Waals surface area contributed by atoms with E-state index in [1.165, 1.54) is 4.90 Å². The molecule has 0 bridgehead atoms. The number of rotatable bonds is 13. The number of likely N-dealkylation sites (tertiary alicyclic amines) is 1. The lowest BCUT2D eigenvalue weighted by atomic mass is 9.99. The third-order valence-electron chi connectivity index (χ3n) is 6.58. The lowest BCUT2D eigenvalue weighted by Gasteiger charge is -2.30. The van der Waals surface area contributed by atoms with Crippen LogP contribution in [-0.2, 0) is 41.7 Å². The molecule has 4 amide bonds. The molecule has 1 saturated heterocycles. The summed E-state index contributed by atoms with van der Waals surface area (Å²) < 4.78 is 10.2. The summed E-state index contributed by atoms with van der Waals surface area (Å²) in [5, 5.41) is 16.1. The van der Waals surface area contributed by atoms with Crippen LogP contribution in [-0.4, -0.2) is 77.2 Å². The number of nitrogens with two attached hydrogens (primary N) is 1. The molecule has 4 atom stereocenters. The number of hydrogen-bond acceptors (Lipinski definition) is 8. The molecule has 220 valence electrons. The molecule has 0 aromatic heterocycles. The van der Waals surface area contributed by atoms with Crippen molar-refractivity contribution in [2.45, 2.75) is 63.4 Å². The van der Waals surface area contributed by atoms with Gasteiger partial charge in [0, 0.05) is 6.54 Å². The van der Waals surface area contributed by atoms with Crippen molar-refractivity contribution in [2.75, 3.05) is 13.2 Å². The van der Waals surface area contributed by atoms with Gasteiger partial charge in [0.1, 0.15) is 18.7 Å². The molecule has 12 heteroatoms. The van der Waals surface area contributed by atoms with Crippen molar-refractivity contribution in [3.05, 3.63) is 71.8 Å². The minimum atomic E-state index is -1.74. The van der Waals surface area contributed by atoms with Crippen LogP contribution in [0.2, 0.25) is 0 Å². The van der Waals surface area contributed by atoms with Crippen LogP contribution in [0.3, 0.4) is 0 Å². The topological polar surface area (TPSA) is 177 Å². The molecule has 1 aliphatic rings. The fourth-order valence-corrected chi connectivity index (χ4v) is 4.57. The number of carbonyl (C=O) groups is 5. The number of alkyl carbamates (subject to hydrolysis) is 1. The van der Waals surface area contributed by atoms with Gasteiger partial charge in [-0.05, 0) is 37.3 Å². The van der Waals surface area contributed by atoms with E-state index in [0.29, 0.717) is 24.0 Å². The maximum atomic E-state index is 13.4. The number of nitrogens with one attached hydrogen (secondary N) is 2. The Hall–Kier alpha value is -4.45. The van der Waals surface area contributed by atoms with Crippen molar-refractivity contribution in [1.82, 2.24) is 15.5 Å². The van der Waals surface area contributed by atoms with Crippen molar-refractivity contribution >= 4 is 29.8 Å². The molecule has 41 heavy (non-hydrogen) atoms. The molecule has 12 nitrogen and oxygen atoms in total. The molecular formula is C29H36N4O8. The Morgan fingerprint density at radius 2 is 1.61 bits per heavy atom. The van der Waals surface area contributed by atoms with Gasteiger partial charge in [-0.1, -0.05) is 60.7 Å². The molecular weight excluding hydrogens is 532 g/mol. The molecule has 3 rings (SSSR count). The molecule has 0 saturated carbocycles. The summed E-state index contributed by atoms with van der Waals surface area (Å²) in [5.74, 6) is -3.02. The van der Waals surface area contributed by atoms with Crippen LogP contribution in [0.1, 0.15) is 37.3 Å². The third-order valence-corrected chi connectivity index (χ3v) is 6.58. The first-order valence-corrected chi connectivity index (χ1v) is 13.4. The molecule has 1 heterocycles. The second kappa shape index (κ2) is 15.4. The van der Waals surface area contributed by atoms with E-state index in [2.05, 4.69) is 10.6 Å². The normalized spacial score (nSPS) is 16.6. The number of benzene rings is 2. The second-order valence-electron chi connectivity index (χ2n) is 9.62. The fourth-order valence-electron chi connectivity index (χ4n) is 4.57. The lowest BCUT2D eigenvalue weighted by Crippen LogP contribution is -2.58. The highest BCUT2D eigenvalue weighted by Crippen LogP contribution is 2.21. The van der Waals surface area contributed by atoms with Crippen molar-refractivity contribution in [3.8, 4) is 0 Å². The Kier molecular flexibility index (Phi) is 11.6. The Morgan fingerprint density at radius 1 is 0.976 bits per heavy atom. The zero-order valence-electron chi connectivity index (χ0n) is 22.9. The summed E-state index contributed by atoms with van der Waals surface area (Å²) in [6.45, 7) is 1.98. The van der Waals surface area contributed by atoms with E-state index in [4.69, 9.17) is 15.2 Å². The number of esters is 1. The Balaban J connectivity index is 1.75. The van der Waals surface area contributed by atoms with E-state index in [1.54, 1.807) is 61.5 Å². The van der Waals surface area contributed by atoms with Crippen molar-refractivity contribution in [3.63, 3.8) is 0 Å². The number of carbonyl (C=O) groups excluding carboxylic acids is 5. The van der Waals surface area contributed by atoms with Gasteiger partial charge in [0.15, 0.2) is 6.10 Å². The summed E-state index contributed by atoms with van der Waals surface area (Å²) in [6.07, 6.45) is -2.27. The largest absolute Gasteiger partial charge is 0.464 e. The van der Waals surface area contributed by atoms with Crippen molar-refractivity contribution in [2.24, 2.45) is 5.73 Å². The Morgan fingerprint density at radius 3 is 2.22 bits per heavy atom. The summed E-state index contributed by atoms with van der Waals surface area (Å²) in [5.41, 5.74) is 6.74. The molecule has 0 aliphatic carbocycles. The van der Waals surface area contributed by atoms with Gasteiger partial charge < -0.3 is 35.8 Å². The first kappa shape index (κ1) is 31.1. The maximum Gasteiger partial charge on any atom is 0.408 e. The number of ether oxygens (including phenoxy) is 2. The monoisotopic (exact) mass is 568 g/mol. The highest BCUT2D eigenvalue weighted by molar-refractivity contribution is 5.92. The van der Waals surface area contributed by atoms with Gasteiger partial charge in [-0.25, -0.2) is 9.59 Å². The lowest BCUT2D eigenvalue weighted by molar-refractivity contribution is -0.156. The highest BCUT2D eigenvalue weighted by Gasteiger charge is 2.40. The fraction of sp³-hybridized carbons (Fsp3) is 0.414. The predicted octanol–water partition coefficient (Wildman–Crippen LogP) is 0.799. The van der Waals surface area contributed by atoms with Crippen LogP contribution >= 0.6 is 0 Å². The molecule has 1 unspecified atom stereocenters. The Labute approximate surface area is 238 Å². The Bertz CT molecular complexity index is 1190. The maximum absolute atomic E-state index is 13.4. The van der Waals surface area contributed by atoms with Crippen LogP contribution in [0.15, 0.2) is 60.7 Å². The summed E-state index contributed by atoms with van der Waals surface area (Å²) in [4.78, 5) is 64.5. The number of primary amides is 1. The van der Waals surface area contributed by atoms with E-state index >= 15 is 0 Å². The number of hydrogen-bond donors (Lipinski definition) is 4. The standard InChI is InChI=1S/C29H36N4O8/c1-2-40-28(38)23-14-9-15-33(23)27(37)25(35)21(16-19-10-5-3-6-11-19)31-26(36)22(17-24(30)34)32-29(39)41-18-20-12-7-4-8-13-20/h3-8,10-13,21-23,25,35H,2,9,14-18H2,1H3,(H2,30,34)(H,31,36)(H,32,39)/t21-,22-,23-,25?/m0/s1. The van der Waals surface area contributed by atoms with Gasteiger partial charge in [-0.15, -0.1) is 0 Å². The van der Waals surface area contributed by atoms with Gasteiger partial charge in [0.2, 0.25) is 11.8 Å². The van der Waals surface area contributed by atoms with Gasteiger partial charge in [0.25, 0.3) is 5.91 Å². The van der Waals surface area contributed by atoms with Gasteiger partial charge in [0.05, 0.1) is 19.1 Å². The molecule has 1 fully saturated rings. The smallest absolute Gasteiger partial charge is 0.408 e. The van der Waals surface area contributed by atoms with Crippen molar-refractivity contribution in [1.29, 1.82) is 0 Å². The van der Waals surface area contributed by atoms with E-state index in [0.717, 1.165) is 0 Å². The van der Waals surface area contributed by atoms with Gasteiger partial charge >= 0.3 is 12.1 Å². The zero-order chi connectivity index (χ0) is 29.8. The van der Waals surface area contributed by atoms with E-state index in [1.807, 2.05) is 6.07 Å². The number of nitrogens with zero attached hydrogens (tertiary/aromatic N) is 1. The summed E-state index contributed by atoms with van der Waals surface area (Å²) in [6, 6.07) is 14.3. The molecule has 5 N–H and O–H groups in total. The number of aliphatic hydroxyl groups excluding tert-OH is 1.